The number of aliphatic hydroxyl groups is 1. The highest BCUT2D eigenvalue weighted by Gasteiger charge is 2.36. The Morgan fingerprint density at radius 2 is 1.68 bits per heavy atom. The number of aliphatic hydroxyl groups excluding tert-OH is 1. The molecule has 0 rings (SSSR count). The van der Waals surface area contributed by atoms with Crippen molar-refractivity contribution in [3.8, 4) is 0 Å². The second kappa shape index (κ2) is 10.7. The summed E-state index contributed by atoms with van der Waals surface area (Å²) in [6.07, 6.45) is 0.544. The fraction of sp³-hybridized carbons (Fsp3) is 1.00. The number of rotatable bonds is 12. The van der Waals surface area contributed by atoms with E-state index in [-0.39, 0.29) is 6.10 Å². The minimum Gasteiger partial charge on any atom is -0.389 e. The lowest BCUT2D eigenvalue weighted by Gasteiger charge is -2.24. The molecule has 0 spiro atoms. The fourth-order valence-corrected chi connectivity index (χ4v) is 3.34. The topological polar surface area (TPSA) is 69.2 Å². The first kappa shape index (κ1) is 19.0. The van der Waals surface area contributed by atoms with Gasteiger partial charge in [0.2, 0.25) is 0 Å². The maximum absolute atomic E-state index is 9.64. The van der Waals surface area contributed by atoms with E-state index in [9.17, 15) is 5.11 Å². The molecule has 0 radical (unpaired) electrons. The molecule has 0 aliphatic heterocycles. The Morgan fingerprint density at radius 3 is 2.16 bits per heavy atom. The molecule has 1 atom stereocenters. The van der Waals surface area contributed by atoms with Gasteiger partial charge in [-0.1, -0.05) is 0 Å². The molecule has 116 valence electrons. The van der Waals surface area contributed by atoms with E-state index in [0.29, 0.717) is 13.2 Å². The SMILES string of the molecule is CO[Si](CCCNCC(O)COC(C)C)(OC)OC. The molecule has 0 aromatic rings. The molecular formula is C12H29NO5Si. The van der Waals surface area contributed by atoms with Crippen LogP contribution in [0, 0.1) is 0 Å². The lowest BCUT2D eigenvalue weighted by atomic mass is 10.3. The van der Waals surface area contributed by atoms with E-state index in [4.69, 9.17) is 18.0 Å². The molecule has 0 aliphatic rings. The number of nitrogens with one attached hydrogen (secondary N) is 1. The fourth-order valence-electron chi connectivity index (χ4n) is 1.62. The minimum atomic E-state index is -2.45. The smallest absolute Gasteiger partial charge is 0.389 e. The van der Waals surface area contributed by atoms with Crippen molar-refractivity contribution >= 4 is 8.80 Å². The standard InChI is InChI=1S/C12H29NO5Si/c1-11(2)18-10-12(14)9-13-7-6-8-19(15-3,16-4)17-5/h11-14H,6-10H2,1-5H3. The van der Waals surface area contributed by atoms with E-state index >= 15 is 0 Å². The maximum Gasteiger partial charge on any atom is 0.500 e. The molecule has 0 heterocycles. The van der Waals surface area contributed by atoms with Crippen LogP contribution in [0.2, 0.25) is 6.04 Å². The van der Waals surface area contributed by atoms with Crippen LogP contribution >= 0.6 is 0 Å². The van der Waals surface area contributed by atoms with Gasteiger partial charge in [-0.2, -0.15) is 0 Å². The molecular weight excluding hydrogens is 266 g/mol. The Labute approximate surface area is 117 Å². The molecule has 0 aliphatic carbocycles. The van der Waals surface area contributed by atoms with Crippen molar-refractivity contribution in [3.63, 3.8) is 0 Å². The molecule has 19 heavy (non-hydrogen) atoms. The monoisotopic (exact) mass is 295 g/mol. The predicted octanol–water partition coefficient (Wildman–Crippen LogP) is 0.630. The van der Waals surface area contributed by atoms with Crippen LogP contribution in [0.15, 0.2) is 0 Å². The van der Waals surface area contributed by atoms with Crippen molar-refractivity contribution in [2.24, 2.45) is 0 Å². The van der Waals surface area contributed by atoms with Gasteiger partial charge < -0.3 is 28.4 Å². The predicted molar refractivity (Wildman–Crippen MR) is 76.2 cm³/mol. The lowest BCUT2D eigenvalue weighted by Crippen LogP contribution is -2.43. The van der Waals surface area contributed by atoms with Gasteiger partial charge in [0, 0.05) is 33.9 Å². The molecule has 7 heteroatoms. The van der Waals surface area contributed by atoms with Crippen molar-refractivity contribution in [1.29, 1.82) is 0 Å². The quantitative estimate of drug-likeness (QED) is 0.406. The van der Waals surface area contributed by atoms with Crippen molar-refractivity contribution in [3.05, 3.63) is 0 Å². The molecule has 0 aromatic carbocycles. The Kier molecular flexibility index (Phi) is 10.7. The maximum atomic E-state index is 9.64. The third-order valence-corrected chi connectivity index (χ3v) is 5.60. The van der Waals surface area contributed by atoms with E-state index in [0.717, 1.165) is 19.0 Å². The van der Waals surface area contributed by atoms with Crippen molar-refractivity contribution in [1.82, 2.24) is 5.32 Å². The average Bonchev–Trinajstić information content (AvgIpc) is 2.41. The molecule has 0 aromatic heterocycles. The van der Waals surface area contributed by atoms with Gasteiger partial charge in [0.15, 0.2) is 0 Å². The first-order valence-electron chi connectivity index (χ1n) is 6.65. The third-order valence-electron chi connectivity index (χ3n) is 2.77. The van der Waals surface area contributed by atoms with Gasteiger partial charge in [-0.05, 0) is 26.8 Å². The summed E-state index contributed by atoms with van der Waals surface area (Å²) in [5, 5.41) is 12.8. The van der Waals surface area contributed by atoms with Gasteiger partial charge in [0.1, 0.15) is 0 Å². The highest BCUT2D eigenvalue weighted by molar-refractivity contribution is 6.60. The second-order valence-corrected chi connectivity index (χ2v) is 7.73. The van der Waals surface area contributed by atoms with Crippen LogP contribution in [0.1, 0.15) is 20.3 Å². The van der Waals surface area contributed by atoms with Crippen LogP contribution in [0.5, 0.6) is 0 Å². The van der Waals surface area contributed by atoms with E-state index in [2.05, 4.69) is 5.32 Å². The van der Waals surface area contributed by atoms with Gasteiger partial charge in [-0.3, -0.25) is 0 Å². The summed E-state index contributed by atoms with van der Waals surface area (Å²) in [7, 11) is 2.38. The van der Waals surface area contributed by atoms with Crippen molar-refractivity contribution in [2.45, 2.75) is 38.5 Å². The van der Waals surface area contributed by atoms with Crippen molar-refractivity contribution < 1.29 is 23.1 Å². The Morgan fingerprint density at radius 1 is 1.11 bits per heavy atom. The molecule has 0 saturated heterocycles. The van der Waals surface area contributed by atoms with E-state index < -0.39 is 14.9 Å². The van der Waals surface area contributed by atoms with Gasteiger partial charge in [-0.15, -0.1) is 0 Å². The van der Waals surface area contributed by atoms with Crippen LogP contribution in [0.3, 0.4) is 0 Å². The summed E-state index contributed by atoms with van der Waals surface area (Å²) in [6, 6.07) is 0.752. The Balaban J connectivity index is 3.63. The molecule has 0 saturated carbocycles. The average molecular weight is 295 g/mol. The van der Waals surface area contributed by atoms with Crippen LogP contribution < -0.4 is 5.32 Å². The van der Waals surface area contributed by atoms with Gasteiger partial charge in [0.05, 0.1) is 18.8 Å². The Hall–Kier alpha value is -0.0231. The summed E-state index contributed by atoms with van der Waals surface area (Å²) >= 11 is 0. The first-order valence-corrected chi connectivity index (χ1v) is 8.58. The van der Waals surface area contributed by atoms with Gasteiger partial charge >= 0.3 is 8.80 Å². The highest BCUT2D eigenvalue weighted by Crippen LogP contribution is 2.14. The van der Waals surface area contributed by atoms with Crippen LogP contribution in [-0.2, 0) is 18.0 Å². The molecule has 1 unspecified atom stereocenters. The zero-order valence-corrected chi connectivity index (χ0v) is 13.8. The Bertz CT molecular complexity index is 206. The van der Waals surface area contributed by atoms with Crippen LogP contribution in [0.4, 0.5) is 0 Å². The number of ether oxygens (including phenoxy) is 1. The van der Waals surface area contributed by atoms with E-state index in [1.165, 1.54) is 0 Å². The van der Waals surface area contributed by atoms with Gasteiger partial charge in [0.25, 0.3) is 0 Å². The largest absolute Gasteiger partial charge is 0.500 e. The zero-order valence-electron chi connectivity index (χ0n) is 12.8. The van der Waals surface area contributed by atoms with E-state index in [1.54, 1.807) is 21.3 Å². The minimum absolute atomic E-state index is 0.145. The summed E-state index contributed by atoms with van der Waals surface area (Å²) in [4.78, 5) is 0. The molecule has 2 N–H and O–H groups in total. The van der Waals surface area contributed by atoms with Gasteiger partial charge in [-0.25, -0.2) is 0 Å². The summed E-state index contributed by atoms with van der Waals surface area (Å²) < 4.78 is 21.3. The number of hydrogen-bond acceptors (Lipinski definition) is 6. The van der Waals surface area contributed by atoms with E-state index in [1.807, 2.05) is 13.8 Å². The first-order chi connectivity index (χ1) is 8.99. The summed E-state index contributed by atoms with van der Waals surface area (Å²) in [6.45, 7) is 5.56. The zero-order chi connectivity index (χ0) is 14.7. The summed E-state index contributed by atoms with van der Waals surface area (Å²) in [5.41, 5.74) is 0. The molecule has 0 amide bonds. The van der Waals surface area contributed by atoms with Crippen LogP contribution in [0.25, 0.3) is 0 Å². The highest BCUT2D eigenvalue weighted by atomic mass is 28.4. The molecule has 6 nitrogen and oxygen atoms in total. The third kappa shape index (κ3) is 8.69. The van der Waals surface area contributed by atoms with Crippen molar-refractivity contribution in [2.75, 3.05) is 41.0 Å². The normalized spacial score (nSPS) is 14.1. The molecule has 0 bridgehead atoms. The number of hydrogen-bond donors (Lipinski definition) is 2. The lowest BCUT2D eigenvalue weighted by molar-refractivity contribution is 0.00646. The summed E-state index contributed by atoms with van der Waals surface area (Å²) in [5.74, 6) is 0. The molecule has 0 fully saturated rings. The van der Waals surface area contributed by atoms with Crippen LogP contribution in [-0.4, -0.2) is 67.1 Å². The second-order valence-electron chi connectivity index (χ2n) is 4.64.